The molecule has 0 aliphatic carbocycles. The zero-order chi connectivity index (χ0) is 18.2. The van der Waals surface area contributed by atoms with Crippen LogP contribution < -0.4 is 4.74 Å². The molecule has 2 rings (SSSR count). The Kier molecular flexibility index (Phi) is 7.52. The molecule has 0 bridgehead atoms. The molecule has 2 aromatic rings. The Morgan fingerprint density at radius 3 is 2.48 bits per heavy atom. The minimum Gasteiger partial charge on any atom is -0.486 e. The number of ether oxygens (including phenoxy) is 3. The van der Waals surface area contributed by atoms with E-state index in [0.717, 1.165) is 22.6 Å². The first-order chi connectivity index (χ1) is 12.0. The maximum atomic E-state index is 11.9. The number of aryl methyl sites for hydroxylation is 1. The van der Waals surface area contributed by atoms with Crippen LogP contribution in [0.1, 0.15) is 30.7 Å². The fourth-order valence-electron chi connectivity index (χ4n) is 2.35. The molecule has 1 aromatic heterocycles. The molecule has 0 unspecified atom stereocenters. The first-order valence-corrected chi connectivity index (χ1v) is 9.07. The van der Waals surface area contributed by atoms with Gasteiger partial charge in [0.25, 0.3) is 0 Å². The molecule has 1 atom stereocenters. The molecule has 0 fully saturated rings. The van der Waals surface area contributed by atoms with E-state index < -0.39 is 6.10 Å². The molecule has 0 spiro atoms. The number of hydrogen-bond acceptors (Lipinski definition) is 5. The van der Waals surface area contributed by atoms with E-state index in [-0.39, 0.29) is 5.97 Å². The quantitative estimate of drug-likeness (QED) is 0.571. The summed E-state index contributed by atoms with van der Waals surface area (Å²) in [6.45, 7) is 6.78. The van der Waals surface area contributed by atoms with Gasteiger partial charge in [-0.05, 0) is 66.0 Å². The fourth-order valence-corrected chi connectivity index (χ4v) is 2.89. The Morgan fingerprint density at radius 2 is 1.92 bits per heavy atom. The van der Waals surface area contributed by atoms with Gasteiger partial charge in [-0.2, -0.15) is 0 Å². The minimum atomic E-state index is -0.583. The van der Waals surface area contributed by atoms with Crippen molar-refractivity contribution in [1.82, 2.24) is 0 Å². The van der Waals surface area contributed by atoms with Gasteiger partial charge >= 0.3 is 5.97 Å². The van der Waals surface area contributed by atoms with E-state index in [9.17, 15) is 4.79 Å². The van der Waals surface area contributed by atoms with Gasteiger partial charge in [0, 0.05) is 13.0 Å². The van der Waals surface area contributed by atoms with Gasteiger partial charge < -0.3 is 18.6 Å². The second kappa shape index (κ2) is 9.63. The van der Waals surface area contributed by atoms with Crippen LogP contribution in [0, 0.1) is 6.92 Å². The van der Waals surface area contributed by atoms with E-state index in [1.807, 2.05) is 44.2 Å². The normalized spacial score (nSPS) is 12.0. The number of carbonyl (C=O) groups is 1. The maximum Gasteiger partial charge on any atom is 0.335 e. The Morgan fingerprint density at radius 1 is 1.20 bits per heavy atom. The van der Waals surface area contributed by atoms with E-state index >= 15 is 0 Å². The SMILES string of the molecule is CCOC(=O)[C@H](Cc1ccc(OCc2oc(Br)cc2C)cc1)OCC. The van der Waals surface area contributed by atoms with Crippen molar-refractivity contribution in [3.8, 4) is 5.75 Å². The third-order valence-electron chi connectivity index (χ3n) is 3.62. The van der Waals surface area contributed by atoms with Gasteiger partial charge in [0.2, 0.25) is 0 Å². The van der Waals surface area contributed by atoms with Gasteiger partial charge in [0.1, 0.15) is 18.1 Å². The van der Waals surface area contributed by atoms with E-state index in [2.05, 4.69) is 15.9 Å². The van der Waals surface area contributed by atoms with Crippen molar-refractivity contribution in [2.45, 2.75) is 39.9 Å². The van der Waals surface area contributed by atoms with Crippen LogP contribution in [-0.4, -0.2) is 25.3 Å². The molecule has 0 N–H and O–H groups in total. The lowest BCUT2D eigenvalue weighted by Gasteiger charge is -2.15. The van der Waals surface area contributed by atoms with Crippen molar-refractivity contribution in [2.75, 3.05) is 13.2 Å². The number of rotatable bonds is 9. The van der Waals surface area contributed by atoms with E-state index in [1.165, 1.54) is 0 Å². The molecule has 136 valence electrons. The molecule has 1 aromatic carbocycles. The zero-order valence-electron chi connectivity index (χ0n) is 14.7. The fraction of sp³-hybridized carbons (Fsp3) is 0.421. The van der Waals surface area contributed by atoms with Crippen molar-refractivity contribution in [2.24, 2.45) is 0 Å². The summed E-state index contributed by atoms with van der Waals surface area (Å²) < 4.78 is 22.5. The highest BCUT2D eigenvalue weighted by Gasteiger charge is 2.20. The van der Waals surface area contributed by atoms with Gasteiger partial charge in [-0.25, -0.2) is 4.79 Å². The zero-order valence-corrected chi connectivity index (χ0v) is 16.3. The molecule has 0 amide bonds. The van der Waals surface area contributed by atoms with Crippen LogP contribution in [-0.2, 0) is 27.3 Å². The lowest BCUT2D eigenvalue weighted by molar-refractivity contribution is -0.156. The Balaban J connectivity index is 1.94. The van der Waals surface area contributed by atoms with Gasteiger partial charge in [-0.1, -0.05) is 12.1 Å². The summed E-state index contributed by atoms with van der Waals surface area (Å²) in [5, 5.41) is 0. The lowest BCUT2D eigenvalue weighted by Crippen LogP contribution is -2.28. The molecular formula is C19H23BrO5. The number of furan rings is 1. The summed E-state index contributed by atoms with van der Waals surface area (Å²) in [6.07, 6.45) is -0.114. The number of benzene rings is 1. The van der Waals surface area contributed by atoms with Crippen molar-refractivity contribution >= 4 is 21.9 Å². The van der Waals surface area contributed by atoms with Crippen molar-refractivity contribution in [1.29, 1.82) is 0 Å². The highest BCUT2D eigenvalue weighted by molar-refractivity contribution is 9.10. The monoisotopic (exact) mass is 410 g/mol. The van der Waals surface area contributed by atoms with E-state index in [0.29, 0.717) is 30.9 Å². The standard InChI is InChI=1S/C19H23BrO5/c1-4-22-16(19(21)23-5-2)11-14-6-8-15(9-7-14)24-12-17-13(3)10-18(20)25-17/h6-10,16H,4-5,11-12H2,1-3H3/t16-/m0/s1. The number of carbonyl (C=O) groups excluding carboxylic acids is 1. The molecule has 0 saturated carbocycles. The maximum absolute atomic E-state index is 11.9. The minimum absolute atomic E-state index is 0.330. The summed E-state index contributed by atoms with van der Waals surface area (Å²) in [4.78, 5) is 11.9. The highest BCUT2D eigenvalue weighted by Crippen LogP contribution is 2.22. The largest absolute Gasteiger partial charge is 0.486 e. The average molecular weight is 411 g/mol. The Labute approximate surface area is 156 Å². The van der Waals surface area contributed by atoms with Crippen LogP contribution >= 0.6 is 15.9 Å². The van der Waals surface area contributed by atoms with Gasteiger partial charge in [-0.15, -0.1) is 0 Å². The second-order valence-electron chi connectivity index (χ2n) is 5.49. The molecule has 5 nitrogen and oxygen atoms in total. The van der Waals surface area contributed by atoms with Gasteiger partial charge in [0.15, 0.2) is 10.8 Å². The summed E-state index contributed by atoms with van der Waals surface area (Å²) in [5.41, 5.74) is 2.02. The van der Waals surface area contributed by atoms with Crippen LogP contribution in [0.2, 0.25) is 0 Å². The molecule has 0 aliphatic heterocycles. The Hall–Kier alpha value is -1.79. The molecule has 0 aliphatic rings. The number of hydrogen-bond donors (Lipinski definition) is 0. The van der Waals surface area contributed by atoms with Crippen LogP contribution in [0.25, 0.3) is 0 Å². The van der Waals surface area contributed by atoms with E-state index in [4.69, 9.17) is 18.6 Å². The first kappa shape index (κ1) is 19.5. The topological polar surface area (TPSA) is 57.9 Å². The van der Waals surface area contributed by atoms with Crippen LogP contribution in [0.3, 0.4) is 0 Å². The predicted octanol–water partition coefficient (Wildman–Crippen LogP) is 4.44. The summed E-state index contributed by atoms with van der Waals surface area (Å²) in [6, 6.07) is 9.50. The average Bonchev–Trinajstić information content (AvgIpc) is 2.91. The summed E-state index contributed by atoms with van der Waals surface area (Å²) >= 11 is 3.31. The Bertz CT molecular complexity index is 678. The van der Waals surface area contributed by atoms with Crippen LogP contribution in [0.5, 0.6) is 5.75 Å². The molecule has 6 heteroatoms. The third kappa shape index (κ3) is 5.90. The van der Waals surface area contributed by atoms with Crippen molar-refractivity contribution in [3.05, 3.63) is 51.9 Å². The molecule has 1 heterocycles. The highest BCUT2D eigenvalue weighted by atomic mass is 79.9. The predicted molar refractivity (Wildman–Crippen MR) is 97.7 cm³/mol. The van der Waals surface area contributed by atoms with E-state index in [1.54, 1.807) is 6.92 Å². The summed E-state index contributed by atoms with van der Waals surface area (Å²) in [7, 11) is 0. The molecule has 25 heavy (non-hydrogen) atoms. The lowest BCUT2D eigenvalue weighted by atomic mass is 10.1. The number of esters is 1. The van der Waals surface area contributed by atoms with Gasteiger partial charge in [-0.3, -0.25) is 0 Å². The van der Waals surface area contributed by atoms with Gasteiger partial charge in [0.05, 0.1) is 6.61 Å². The van der Waals surface area contributed by atoms with Crippen LogP contribution in [0.4, 0.5) is 0 Å². The van der Waals surface area contributed by atoms with Crippen molar-refractivity contribution < 1.29 is 23.4 Å². The molecular weight excluding hydrogens is 388 g/mol. The number of halogens is 1. The molecule has 0 saturated heterocycles. The third-order valence-corrected chi connectivity index (χ3v) is 4.01. The summed E-state index contributed by atoms with van der Waals surface area (Å²) in [5.74, 6) is 1.19. The van der Waals surface area contributed by atoms with Crippen molar-refractivity contribution in [3.63, 3.8) is 0 Å². The second-order valence-corrected chi connectivity index (χ2v) is 6.27. The van der Waals surface area contributed by atoms with Crippen LogP contribution in [0.15, 0.2) is 39.4 Å². The first-order valence-electron chi connectivity index (χ1n) is 8.28. The smallest absolute Gasteiger partial charge is 0.335 e. The molecule has 0 radical (unpaired) electrons.